The summed E-state index contributed by atoms with van der Waals surface area (Å²) in [7, 11) is 1.69. The van der Waals surface area contributed by atoms with E-state index in [0.29, 0.717) is 26.3 Å². The molecule has 1 atom stereocenters. The first-order valence-electron chi connectivity index (χ1n) is 13.4. The molecule has 2 amide bonds. The smallest absolute Gasteiger partial charge is 0.410 e. The van der Waals surface area contributed by atoms with E-state index in [9.17, 15) is 9.59 Å². The van der Waals surface area contributed by atoms with Crippen molar-refractivity contribution < 1.29 is 23.8 Å². The molecule has 8 nitrogen and oxygen atoms in total. The van der Waals surface area contributed by atoms with Crippen LogP contribution in [0.5, 0.6) is 11.5 Å². The van der Waals surface area contributed by atoms with E-state index in [4.69, 9.17) is 14.2 Å². The summed E-state index contributed by atoms with van der Waals surface area (Å²) in [5, 5.41) is 0. The van der Waals surface area contributed by atoms with Crippen molar-refractivity contribution in [3.05, 3.63) is 64.7 Å². The molecule has 39 heavy (non-hydrogen) atoms. The molecule has 0 radical (unpaired) electrons. The van der Waals surface area contributed by atoms with E-state index < -0.39 is 17.6 Å². The molecule has 5 rings (SSSR count). The predicted octanol–water partition coefficient (Wildman–Crippen LogP) is 4.88. The fraction of sp³-hybridized carbons (Fsp3) is 0.467. The third-order valence-corrected chi connectivity index (χ3v) is 7.94. The van der Waals surface area contributed by atoms with Crippen LogP contribution in [0.4, 0.5) is 4.79 Å². The molecule has 9 heteroatoms. The van der Waals surface area contributed by atoms with Crippen LogP contribution < -0.4 is 9.47 Å². The number of aryl methyl sites for hydroxylation is 1. The topological polar surface area (TPSA) is 71.6 Å². The molecule has 208 valence electrons. The lowest BCUT2D eigenvalue weighted by molar-refractivity contribution is -0.132. The largest absolute Gasteiger partial charge is 0.486 e. The van der Waals surface area contributed by atoms with Gasteiger partial charge < -0.3 is 24.0 Å². The average Bonchev–Trinajstić information content (AvgIpc) is 3.44. The first-order chi connectivity index (χ1) is 18.6. The van der Waals surface area contributed by atoms with E-state index >= 15 is 0 Å². The van der Waals surface area contributed by atoms with Crippen molar-refractivity contribution in [1.29, 1.82) is 0 Å². The van der Waals surface area contributed by atoms with Crippen LogP contribution in [0.25, 0.3) is 0 Å². The molecule has 0 bridgehead atoms. The number of carbonyl (C=O) groups is 2. The first-order valence-corrected chi connectivity index (χ1v) is 14.1. The summed E-state index contributed by atoms with van der Waals surface area (Å²) in [6.45, 7) is 11.8. The Labute approximate surface area is 235 Å². The standard InChI is InChI=1S/C30H37N3O5S/c1-20-7-6-8-21(13-20)25(19-31(5)29(35)38-30(2,3)4)28(34)32-15-22-17-33(18-23(22)16-32)39-24-9-10-26-27(14-24)37-12-11-36-26/h6-10,13-14,25H,11-12,15-19H2,1-5H3. The molecular formula is C30H37N3O5S. The van der Waals surface area contributed by atoms with Crippen molar-refractivity contribution in [2.45, 2.75) is 44.1 Å². The van der Waals surface area contributed by atoms with Gasteiger partial charge in [-0.25, -0.2) is 9.10 Å². The van der Waals surface area contributed by atoms with Crippen LogP contribution in [0.1, 0.15) is 37.8 Å². The SMILES string of the molecule is Cc1cccc(C(CN(C)C(=O)OC(C)(C)C)C(=O)N2CC3=C(CN(Sc4ccc5c(c4)OCCO5)C3)C2)c1. The Bertz CT molecular complexity index is 1270. The van der Waals surface area contributed by atoms with E-state index in [1.165, 1.54) is 16.0 Å². The minimum atomic E-state index is -0.600. The monoisotopic (exact) mass is 551 g/mol. The summed E-state index contributed by atoms with van der Waals surface area (Å²) in [5.41, 5.74) is 4.00. The van der Waals surface area contributed by atoms with E-state index in [1.807, 2.05) is 69.0 Å². The second-order valence-electron chi connectivity index (χ2n) is 11.4. The zero-order chi connectivity index (χ0) is 27.7. The van der Waals surface area contributed by atoms with Crippen molar-refractivity contribution in [1.82, 2.24) is 14.1 Å². The third-order valence-electron chi connectivity index (χ3n) is 6.96. The van der Waals surface area contributed by atoms with Crippen LogP contribution in [0.3, 0.4) is 0 Å². The second kappa shape index (κ2) is 11.1. The number of hydrogen-bond acceptors (Lipinski definition) is 7. The lowest BCUT2D eigenvalue weighted by atomic mass is 9.95. The molecule has 2 aromatic carbocycles. The van der Waals surface area contributed by atoms with Crippen LogP contribution in [0.15, 0.2) is 58.5 Å². The third kappa shape index (κ3) is 6.53. The number of amides is 2. The Morgan fingerprint density at radius 2 is 1.69 bits per heavy atom. The second-order valence-corrected chi connectivity index (χ2v) is 12.6. The maximum atomic E-state index is 13.9. The Balaban J connectivity index is 1.23. The summed E-state index contributed by atoms with van der Waals surface area (Å²) < 4.78 is 19.2. The van der Waals surface area contributed by atoms with Crippen LogP contribution >= 0.6 is 11.9 Å². The van der Waals surface area contributed by atoms with E-state index in [0.717, 1.165) is 40.6 Å². The molecule has 3 heterocycles. The number of carbonyl (C=O) groups excluding carboxylic acids is 2. The van der Waals surface area contributed by atoms with Gasteiger partial charge in [0.1, 0.15) is 18.8 Å². The van der Waals surface area contributed by atoms with Crippen molar-refractivity contribution in [3.63, 3.8) is 0 Å². The number of fused-ring (bicyclic) bond motifs is 1. The van der Waals surface area contributed by atoms with Crippen LogP contribution in [0, 0.1) is 6.92 Å². The number of rotatable bonds is 6. The van der Waals surface area contributed by atoms with E-state index in [2.05, 4.69) is 10.4 Å². The highest BCUT2D eigenvalue weighted by atomic mass is 32.2. The first kappa shape index (κ1) is 27.4. The predicted molar refractivity (Wildman–Crippen MR) is 151 cm³/mol. The highest BCUT2D eigenvalue weighted by Crippen LogP contribution is 2.38. The van der Waals surface area contributed by atoms with E-state index in [-0.39, 0.29) is 12.5 Å². The minimum absolute atomic E-state index is 0.0384. The number of nitrogens with zero attached hydrogens (tertiary/aromatic N) is 3. The average molecular weight is 552 g/mol. The lowest BCUT2D eigenvalue weighted by Crippen LogP contribution is -2.42. The molecule has 1 unspecified atom stereocenters. The zero-order valence-electron chi connectivity index (χ0n) is 23.4. The zero-order valence-corrected chi connectivity index (χ0v) is 24.2. The van der Waals surface area contributed by atoms with Gasteiger partial charge in [-0.1, -0.05) is 29.8 Å². The van der Waals surface area contributed by atoms with Crippen LogP contribution in [0.2, 0.25) is 0 Å². The van der Waals surface area contributed by atoms with Gasteiger partial charge in [0.25, 0.3) is 0 Å². The van der Waals surface area contributed by atoms with Gasteiger partial charge in [-0.3, -0.25) is 4.79 Å². The molecule has 0 aromatic heterocycles. The van der Waals surface area contributed by atoms with Crippen LogP contribution in [-0.2, 0) is 9.53 Å². The van der Waals surface area contributed by atoms with Gasteiger partial charge in [0.2, 0.25) is 5.91 Å². The number of ether oxygens (including phenoxy) is 3. The lowest BCUT2D eigenvalue weighted by Gasteiger charge is -2.30. The van der Waals surface area contributed by atoms with E-state index in [1.54, 1.807) is 19.0 Å². The Morgan fingerprint density at radius 3 is 2.36 bits per heavy atom. The van der Waals surface area contributed by atoms with Crippen molar-refractivity contribution >= 4 is 23.9 Å². The molecule has 3 aliphatic heterocycles. The molecule has 2 aromatic rings. The normalized spacial score (nSPS) is 17.7. The Hall–Kier alpha value is -3.17. The molecule has 0 N–H and O–H groups in total. The summed E-state index contributed by atoms with van der Waals surface area (Å²) in [6.07, 6.45) is -0.429. The van der Waals surface area contributed by atoms with Crippen LogP contribution in [-0.4, -0.2) is 84.7 Å². The summed E-state index contributed by atoms with van der Waals surface area (Å²) in [4.78, 5) is 31.2. The van der Waals surface area contributed by atoms with Gasteiger partial charge in [0.05, 0.1) is 5.92 Å². The summed E-state index contributed by atoms with van der Waals surface area (Å²) in [6, 6.07) is 14.1. The quantitative estimate of drug-likeness (QED) is 0.374. The Morgan fingerprint density at radius 1 is 1.00 bits per heavy atom. The molecule has 0 aliphatic carbocycles. The molecule has 0 saturated heterocycles. The molecule has 3 aliphatic rings. The highest BCUT2D eigenvalue weighted by Gasteiger charge is 2.37. The minimum Gasteiger partial charge on any atom is -0.486 e. The van der Waals surface area contributed by atoms with Gasteiger partial charge in [-0.15, -0.1) is 0 Å². The highest BCUT2D eigenvalue weighted by molar-refractivity contribution is 7.97. The fourth-order valence-electron chi connectivity index (χ4n) is 5.12. The van der Waals surface area contributed by atoms with Gasteiger partial charge >= 0.3 is 6.09 Å². The van der Waals surface area contributed by atoms with Crippen molar-refractivity contribution in [2.24, 2.45) is 0 Å². The number of benzene rings is 2. The van der Waals surface area contributed by atoms with Gasteiger partial charge in [-0.2, -0.15) is 0 Å². The molecular weight excluding hydrogens is 514 g/mol. The van der Waals surface area contributed by atoms with Gasteiger partial charge in [-0.05, 0) is 74.6 Å². The Kier molecular flexibility index (Phi) is 7.82. The maximum absolute atomic E-state index is 13.9. The van der Waals surface area contributed by atoms with Crippen molar-refractivity contribution in [3.8, 4) is 11.5 Å². The number of likely N-dealkylation sites (N-methyl/N-ethyl adjacent to an activating group) is 1. The summed E-state index contributed by atoms with van der Waals surface area (Å²) in [5.74, 6) is 1.16. The van der Waals surface area contributed by atoms with Crippen molar-refractivity contribution in [2.75, 3.05) is 53.0 Å². The molecule has 0 saturated carbocycles. The summed E-state index contributed by atoms with van der Waals surface area (Å²) >= 11 is 1.71. The molecule has 0 spiro atoms. The van der Waals surface area contributed by atoms with Gasteiger partial charge in [0, 0.05) is 44.7 Å². The molecule has 0 fully saturated rings. The van der Waals surface area contributed by atoms with Gasteiger partial charge in [0.15, 0.2) is 11.5 Å². The fourth-order valence-corrected chi connectivity index (χ4v) is 6.14. The number of hydrogen-bond donors (Lipinski definition) is 0. The maximum Gasteiger partial charge on any atom is 0.410 e.